The molecule has 0 fully saturated rings. The van der Waals surface area contributed by atoms with Crippen LogP contribution in [-0.2, 0) is 25.6 Å². The number of para-hydroxylation sites is 1. The average Bonchev–Trinajstić information content (AvgIpc) is 3.29. The third-order valence-corrected chi connectivity index (χ3v) is 6.33. The molecule has 14 heteroatoms. The molecule has 3 amide bonds. The maximum Gasteiger partial charge on any atom is 0.322 e. The third kappa shape index (κ3) is 9.94. The maximum atomic E-state index is 13.2. The molecule has 0 bridgehead atoms. The predicted octanol–water partition coefficient (Wildman–Crippen LogP) is -0.985. The highest BCUT2D eigenvalue weighted by molar-refractivity contribution is 7.98. The summed E-state index contributed by atoms with van der Waals surface area (Å²) in [4.78, 5) is 56.6. The summed E-state index contributed by atoms with van der Waals surface area (Å²) in [5.74, 6) is -2.52. The molecule has 0 aliphatic rings. The molecule has 3 unspecified atom stereocenters. The Morgan fingerprint density at radius 1 is 1.05 bits per heavy atom. The second kappa shape index (κ2) is 15.5. The summed E-state index contributed by atoms with van der Waals surface area (Å²) >= 11 is 1.47. The van der Waals surface area contributed by atoms with Crippen molar-refractivity contribution in [2.75, 3.05) is 25.1 Å². The summed E-state index contributed by atoms with van der Waals surface area (Å²) in [6.45, 7) is -0.343. The van der Waals surface area contributed by atoms with Crippen LogP contribution < -0.4 is 33.2 Å². The number of carbonyl (C=O) groups excluding carboxylic acids is 3. The Morgan fingerprint density at radius 2 is 1.74 bits per heavy atom. The fourth-order valence-electron chi connectivity index (χ4n) is 3.74. The number of hydrogen-bond donors (Lipinski definition) is 8. The van der Waals surface area contributed by atoms with Crippen LogP contribution in [-0.4, -0.2) is 83.0 Å². The van der Waals surface area contributed by atoms with E-state index in [0.717, 1.165) is 16.5 Å². The molecule has 0 spiro atoms. The topological polar surface area (TPSA) is 231 Å². The Labute approximate surface area is 224 Å². The van der Waals surface area contributed by atoms with E-state index in [0.29, 0.717) is 12.2 Å². The first kappa shape index (κ1) is 30.4. The van der Waals surface area contributed by atoms with Crippen LogP contribution in [0.15, 0.2) is 35.5 Å². The first-order chi connectivity index (χ1) is 18.1. The number of nitrogens with zero attached hydrogens (tertiary/aromatic N) is 1. The summed E-state index contributed by atoms with van der Waals surface area (Å²) < 4.78 is 0. The van der Waals surface area contributed by atoms with E-state index in [-0.39, 0.29) is 31.8 Å². The summed E-state index contributed by atoms with van der Waals surface area (Å²) in [7, 11) is 0. The van der Waals surface area contributed by atoms with Crippen LogP contribution >= 0.6 is 11.8 Å². The number of H-pyrrole nitrogens is 1. The van der Waals surface area contributed by atoms with E-state index >= 15 is 0 Å². The number of aliphatic imine (C=N–C) groups is 1. The Morgan fingerprint density at radius 3 is 2.42 bits per heavy atom. The highest BCUT2D eigenvalue weighted by Crippen LogP contribution is 2.19. The molecular weight excluding hydrogens is 512 g/mol. The lowest BCUT2D eigenvalue weighted by molar-refractivity contribution is -0.138. The van der Waals surface area contributed by atoms with Gasteiger partial charge in [-0.3, -0.25) is 24.2 Å². The Bertz CT molecular complexity index is 1130. The number of carboxylic acid groups (broad SMARTS) is 1. The number of aliphatic carboxylic acids is 1. The highest BCUT2D eigenvalue weighted by atomic mass is 32.2. The van der Waals surface area contributed by atoms with Crippen molar-refractivity contribution in [2.45, 2.75) is 43.8 Å². The van der Waals surface area contributed by atoms with Crippen LogP contribution in [0.25, 0.3) is 10.9 Å². The smallest absolute Gasteiger partial charge is 0.322 e. The van der Waals surface area contributed by atoms with Gasteiger partial charge in [-0.05, 0) is 49.3 Å². The summed E-state index contributed by atoms with van der Waals surface area (Å²) in [5.41, 5.74) is 18.7. The van der Waals surface area contributed by atoms with Gasteiger partial charge in [-0.25, -0.2) is 0 Å². The number of thioether (sulfide) groups is 1. The molecule has 3 atom stereocenters. The molecule has 0 saturated heterocycles. The minimum Gasteiger partial charge on any atom is -0.480 e. The molecule has 0 aliphatic heterocycles. The zero-order chi connectivity index (χ0) is 28.1. The Hall–Kier alpha value is -3.78. The lowest BCUT2D eigenvalue weighted by Gasteiger charge is -2.24. The molecule has 208 valence electrons. The van der Waals surface area contributed by atoms with Gasteiger partial charge >= 0.3 is 5.97 Å². The Kier molecular flexibility index (Phi) is 12.4. The van der Waals surface area contributed by atoms with E-state index in [1.54, 1.807) is 6.20 Å². The molecule has 0 aliphatic carbocycles. The van der Waals surface area contributed by atoms with E-state index in [9.17, 15) is 19.2 Å². The van der Waals surface area contributed by atoms with Gasteiger partial charge in [-0.2, -0.15) is 11.8 Å². The van der Waals surface area contributed by atoms with Crippen LogP contribution in [0.2, 0.25) is 0 Å². The van der Waals surface area contributed by atoms with Gasteiger partial charge in [0, 0.05) is 23.6 Å². The molecule has 38 heavy (non-hydrogen) atoms. The minimum absolute atomic E-state index is 0.0944. The van der Waals surface area contributed by atoms with E-state index < -0.39 is 48.4 Å². The van der Waals surface area contributed by atoms with Crippen molar-refractivity contribution in [1.29, 1.82) is 0 Å². The van der Waals surface area contributed by atoms with Crippen molar-refractivity contribution in [3.05, 3.63) is 36.0 Å². The van der Waals surface area contributed by atoms with Gasteiger partial charge in [0.15, 0.2) is 5.96 Å². The van der Waals surface area contributed by atoms with Crippen molar-refractivity contribution < 1.29 is 24.3 Å². The van der Waals surface area contributed by atoms with Crippen LogP contribution in [0.1, 0.15) is 24.8 Å². The number of benzene rings is 1. The number of guanidine groups is 1. The number of aromatic nitrogens is 1. The number of hydrogen-bond acceptors (Lipinski definition) is 7. The monoisotopic (exact) mass is 548 g/mol. The number of nitrogens with one attached hydrogen (secondary N) is 4. The lowest BCUT2D eigenvalue weighted by Crippen LogP contribution is -2.56. The quantitative estimate of drug-likeness (QED) is 0.0730. The zero-order valence-electron chi connectivity index (χ0n) is 21.2. The van der Waals surface area contributed by atoms with E-state index in [2.05, 4.69) is 25.9 Å². The van der Waals surface area contributed by atoms with Crippen molar-refractivity contribution in [1.82, 2.24) is 20.9 Å². The molecule has 2 rings (SSSR count). The molecule has 1 aromatic heterocycles. The number of aromatic amines is 1. The van der Waals surface area contributed by atoms with E-state index in [1.807, 2.05) is 30.5 Å². The molecular formula is C24H36N8O5S. The minimum atomic E-state index is -1.21. The number of carboxylic acids is 1. The second-order valence-corrected chi connectivity index (χ2v) is 9.62. The lowest BCUT2D eigenvalue weighted by atomic mass is 10.0. The second-order valence-electron chi connectivity index (χ2n) is 8.63. The largest absolute Gasteiger partial charge is 0.480 e. The fraction of sp³-hybridized carbons (Fsp3) is 0.458. The molecule has 11 N–H and O–H groups in total. The Balaban J connectivity index is 2.11. The SMILES string of the molecule is CSCCC(NC(=O)C(CCCN=C(N)N)NC(=O)C(N)Cc1c[nH]c2ccccc12)C(=O)NCC(=O)O. The van der Waals surface area contributed by atoms with Crippen molar-refractivity contribution in [3.63, 3.8) is 0 Å². The first-order valence-electron chi connectivity index (χ1n) is 12.1. The van der Waals surface area contributed by atoms with Crippen molar-refractivity contribution in [2.24, 2.45) is 22.2 Å². The maximum absolute atomic E-state index is 13.2. The molecule has 0 radical (unpaired) electrons. The molecule has 1 heterocycles. The van der Waals surface area contributed by atoms with Gasteiger partial charge in [0.25, 0.3) is 0 Å². The number of nitrogens with two attached hydrogens (primary N) is 3. The zero-order valence-corrected chi connectivity index (χ0v) is 22.1. The van der Waals surface area contributed by atoms with Gasteiger partial charge in [0.05, 0.1) is 6.04 Å². The summed E-state index contributed by atoms with van der Waals surface area (Å²) in [6.07, 6.45) is 4.70. The van der Waals surface area contributed by atoms with Gasteiger partial charge in [-0.15, -0.1) is 0 Å². The number of amides is 3. The first-order valence-corrected chi connectivity index (χ1v) is 13.5. The summed E-state index contributed by atoms with van der Waals surface area (Å²) in [5, 5.41) is 17.4. The highest BCUT2D eigenvalue weighted by Gasteiger charge is 2.28. The third-order valence-electron chi connectivity index (χ3n) is 5.69. The van der Waals surface area contributed by atoms with Crippen LogP contribution in [0.5, 0.6) is 0 Å². The molecule has 2 aromatic rings. The summed E-state index contributed by atoms with van der Waals surface area (Å²) in [6, 6.07) is 4.70. The van der Waals surface area contributed by atoms with Gasteiger partial charge in [0.2, 0.25) is 17.7 Å². The van der Waals surface area contributed by atoms with Gasteiger partial charge in [0.1, 0.15) is 18.6 Å². The molecule has 1 aromatic carbocycles. The number of rotatable bonds is 16. The van der Waals surface area contributed by atoms with Crippen LogP contribution in [0, 0.1) is 0 Å². The van der Waals surface area contributed by atoms with Crippen molar-refractivity contribution >= 4 is 52.3 Å². The van der Waals surface area contributed by atoms with Gasteiger partial charge < -0.3 is 43.2 Å². The van der Waals surface area contributed by atoms with Crippen LogP contribution in [0.4, 0.5) is 0 Å². The van der Waals surface area contributed by atoms with E-state index in [1.165, 1.54) is 11.8 Å². The van der Waals surface area contributed by atoms with Gasteiger partial charge in [-0.1, -0.05) is 18.2 Å². The molecule has 0 saturated carbocycles. The predicted molar refractivity (Wildman–Crippen MR) is 147 cm³/mol. The number of fused-ring (bicyclic) bond motifs is 1. The van der Waals surface area contributed by atoms with Crippen LogP contribution in [0.3, 0.4) is 0 Å². The van der Waals surface area contributed by atoms with Crippen molar-refractivity contribution in [3.8, 4) is 0 Å². The fourth-order valence-corrected chi connectivity index (χ4v) is 4.22. The standard InChI is InChI=1S/C24H36N8O5S/c1-38-10-8-19(22(36)30-13-20(33)34)32-23(37)18(7-4-9-28-24(26)27)31-21(35)16(25)11-14-12-29-17-6-3-2-5-15(14)17/h2-3,5-6,12,16,18-19,29H,4,7-11,13,25H2,1H3,(H,30,36)(H,31,35)(H,32,37)(H,33,34)(H4,26,27,28). The average molecular weight is 549 g/mol. The normalized spacial score (nSPS) is 13.2. The number of carbonyl (C=O) groups is 4. The molecule has 13 nitrogen and oxygen atoms in total. The van der Waals surface area contributed by atoms with E-state index in [4.69, 9.17) is 22.3 Å².